The zero-order valence-electron chi connectivity index (χ0n) is 16.9. The number of ether oxygens (including phenoxy) is 1. The summed E-state index contributed by atoms with van der Waals surface area (Å²) in [6.45, 7) is -0.415. The van der Waals surface area contributed by atoms with Gasteiger partial charge >= 0.3 is 5.97 Å². The van der Waals surface area contributed by atoms with Gasteiger partial charge in [0.15, 0.2) is 6.61 Å². The number of nitrogens with one attached hydrogen (secondary N) is 1. The van der Waals surface area contributed by atoms with Gasteiger partial charge < -0.3 is 15.8 Å². The smallest absolute Gasteiger partial charge is 0.310 e. The van der Waals surface area contributed by atoms with Crippen molar-refractivity contribution in [2.75, 3.05) is 11.9 Å². The molecule has 6 nitrogen and oxygen atoms in total. The SMILES string of the molecule is NC(=O)c1c(NC(=O)COC(=O)Cc2ccc(-c3ccccc3)cc2)sc2c1CCC2. The van der Waals surface area contributed by atoms with E-state index < -0.39 is 24.4 Å². The van der Waals surface area contributed by atoms with Crippen LogP contribution in [-0.2, 0) is 33.6 Å². The molecule has 1 aromatic heterocycles. The highest BCUT2D eigenvalue weighted by molar-refractivity contribution is 7.17. The van der Waals surface area contributed by atoms with Crippen LogP contribution in [0.1, 0.15) is 32.8 Å². The van der Waals surface area contributed by atoms with Crippen LogP contribution < -0.4 is 11.1 Å². The predicted molar refractivity (Wildman–Crippen MR) is 120 cm³/mol. The predicted octanol–water partition coefficient (Wildman–Crippen LogP) is 3.73. The van der Waals surface area contributed by atoms with Crippen molar-refractivity contribution in [1.29, 1.82) is 0 Å². The first kappa shape index (κ1) is 20.8. The Morgan fingerprint density at radius 2 is 1.68 bits per heavy atom. The average Bonchev–Trinajstić information content (AvgIpc) is 3.34. The van der Waals surface area contributed by atoms with Crippen molar-refractivity contribution in [3.05, 3.63) is 76.2 Å². The lowest BCUT2D eigenvalue weighted by Crippen LogP contribution is -2.23. The van der Waals surface area contributed by atoms with Crippen LogP contribution in [0.15, 0.2) is 54.6 Å². The molecule has 0 unspecified atom stereocenters. The van der Waals surface area contributed by atoms with E-state index in [1.54, 1.807) is 0 Å². The van der Waals surface area contributed by atoms with Crippen LogP contribution in [0.2, 0.25) is 0 Å². The molecule has 2 amide bonds. The summed E-state index contributed by atoms with van der Waals surface area (Å²) in [5.74, 6) is -1.53. The molecule has 31 heavy (non-hydrogen) atoms. The highest BCUT2D eigenvalue weighted by atomic mass is 32.1. The molecule has 0 spiro atoms. The Labute approximate surface area is 184 Å². The Morgan fingerprint density at radius 3 is 2.39 bits per heavy atom. The maximum Gasteiger partial charge on any atom is 0.310 e. The summed E-state index contributed by atoms with van der Waals surface area (Å²) < 4.78 is 5.11. The maximum atomic E-state index is 12.2. The fourth-order valence-electron chi connectivity index (χ4n) is 3.73. The largest absolute Gasteiger partial charge is 0.455 e. The molecule has 7 heteroatoms. The van der Waals surface area contributed by atoms with Gasteiger partial charge in [0, 0.05) is 4.88 Å². The van der Waals surface area contributed by atoms with Crippen molar-refractivity contribution in [2.24, 2.45) is 5.73 Å². The first-order chi connectivity index (χ1) is 15.0. The highest BCUT2D eigenvalue weighted by Gasteiger charge is 2.26. The normalized spacial score (nSPS) is 12.3. The molecule has 0 radical (unpaired) electrons. The lowest BCUT2D eigenvalue weighted by atomic mass is 10.0. The first-order valence-electron chi connectivity index (χ1n) is 10.1. The van der Waals surface area contributed by atoms with E-state index in [2.05, 4.69) is 5.32 Å². The van der Waals surface area contributed by atoms with Crippen LogP contribution in [0.4, 0.5) is 5.00 Å². The number of esters is 1. The molecule has 158 valence electrons. The van der Waals surface area contributed by atoms with E-state index in [9.17, 15) is 14.4 Å². The zero-order chi connectivity index (χ0) is 21.8. The second kappa shape index (κ2) is 9.14. The van der Waals surface area contributed by atoms with Crippen LogP contribution in [0.5, 0.6) is 0 Å². The number of amides is 2. The Balaban J connectivity index is 1.30. The van der Waals surface area contributed by atoms with Crippen molar-refractivity contribution in [1.82, 2.24) is 0 Å². The first-order valence-corrected chi connectivity index (χ1v) is 10.9. The second-order valence-electron chi connectivity index (χ2n) is 7.37. The molecule has 0 fully saturated rings. The van der Waals surface area contributed by atoms with E-state index in [1.807, 2.05) is 54.6 Å². The molecule has 4 rings (SSSR count). The fraction of sp³-hybridized carbons (Fsp3) is 0.208. The molecule has 0 saturated carbocycles. The standard InChI is InChI=1S/C24H22N2O4S/c25-23(29)22-18-7-4-8-19(18)31-24(22)26-20(27)14-30-21(28)13-15-9-11-17(12-10-15)16-5-2-1-3-6-16/h1-3,5-6,9-12H,4,7-8,13-14H2,(H2,25,29)(H,26,27). The molecule has 2 aromatic carbocycles. The van der Waals surface area contributed by atoms with Gasteiger partial charge in [-0.15, -0.1) is 11.3 Å². The summed E-state index contributed by atoms with van der Waals surface area (Å²) in [5.41, 5.74) is 9.78. The zero-order valence-corrected chi connectivity index (χ0v) is 17.7. The van der Waals surface area contributed by atoms with Gasteiger partial charge in [-0.1, -0.05) is 54.6 Å². The molecule has 3 aromatic rings. The molecule has 0 bridgehead atoms. The van der Waals surface area contributed by atoms with Gasteiger partial charge in [0.25, 0.3) is 11.8 Å². The molecule has 3 N–H and O–H groups in total. The number of fused-ring (bicyclic) bond motifs is 1. The third kappa shape index (κ3) is 4.83. The summed E-state index contributed by atoms with van der Waals surface area (Å²) in [4.78, 5) is 37.3. The van der Waals surface area contributed by atoms with E-state index in [0.29, 0.717) is 10.6 Å². The third-order valence-electron chi connectivity index (χ3n) is 5.19. The number of aryl methyl sites for hydroxylation is 1. The summed E-state index contributed by atoms with van der Waals surface area (Å²) in [5, 5.41) is 3.11. The van der Waals surface area contributed by atoms with Gasteiger partial charge in [0.1, 0.15) is 5.00 Å². The van der Waals surface area contributed by atoms with Gasteiger partial charge in [0.05, 0.1) is 12.0 Å². The molecular weight excluding hydrogens is 412 g/mol. The summed E-state index contributed by atoms with van der Waals surface area (Å²) in [6.07, 6.45) is 2.73. The van der Waals surface area contributed by atoms with E-state index >= 15 is 0 Å². The van der Waals surface area contributed by atoms with Crippen LogP contribution in [0.25, 0.3) is 11.1 Å². The Morgan fingerprint density at radius 1 is 0.968 bits per heavy atom. The van der Waals surface area contributed by atoms with Crippen molar-refractivity contribution in [3.63, 3.8) is 0 Å². The van der Waals surface area contributed by atoms with Gasteiger partial charge in [-0.25, -0.2) is 0 Å². The summed E-state index contributed by atoms with van der Waals surface area (Å²) >= 11 is 1.37. The number of rotatable bonds is 7. The minimum Gasteiger partial charge on any atom is -0.455 e. The number of carbonyl (C=O) groups is 3. The van der Waals surface area contributed by atoms with Crippen LogP contribution >= 0.6 is 11.3 Å². The Hall–Kier alpha value is -3.45. The molecule has 1 aliphatic rings. The van der Waals surface area contributed by atoms with Crippen LogP contribution in [0.3, 0.4) is 0 Å². The minimum absolute atomic E-state index is 0.0716. The number of hydrogen-bond donors (Lipinski definition) is 2. The quantitative estimate of drug-likeness (QED) is 0.554. The van der Waals surface area contributed by atoms with Gasteiger partial charge in [-0.2, -0.15) is 0 Å². The molecule has 0 saturated heterocycles. The lowest BCUT2D eigenvalue weighted by molar-refractivity contribution is -0.146. The van der Waals surface area contributed by atoms with Crippen molar-refractivity contribution < 1.29 is 19.1 Å². The van der Waals surface area contributed by atoms with Gasteiger partial charge in [-0.05, 0) is 41.5 Å². The van der Waals surface area contributed by atoms with Crippen LogP contribution in [-0.4, -0.2) is 24.4 Å². The van der Waals surface area contributed by atoms with Gasteiger partial charge in [0.2, 0.25) is 0 Å². The highest BCUT2D eigenvalue weighted by Crippen LogP contribution is 2.38. The van der Waals surface area contributed by atoms with E-state index in [0.717, 1.165) is 46.4 Å². The second-order valence-corrected chi connectivity index (χ2v) is 8.48. The number of benzene rings is 2. The lowest BCUT2D eigenvalue weighted by Gasteiger charge is -2.08. The Kier molecular flexibility index (Phi) is 6.13. The summed E-state index contributed by atoms with van der Waals surface area (Å²) in [7, 11) is 0. The Bertz CT molecular complexity index is 1120. The molecule has 1 heterocycles. The monoisotopic (exact) mass is 434 g/mol. The van der Waals surface area contributed by atoms with E-state index in [1.165, 1.54) is 11.3 Å². The third-order valence-corrected chi connectivity index (χ3v) is 6.40. The van der Waals surface area contributed by atoms with Crippen molar-refractivity contribution >= 4 is 34.1 Å². The number of carbonyl (C=O) groups excluding carboxylic acids is 3. The maximum absolute atomic E-state index is 12.2. The van der Waals surface area contributed by atoms with Crippen molar-refractivity contribution in [3.8, 4) is 11.1 Å². The number of thiophene rings is 1. The average molecular weight is 435 g/mol. The minimum atomic E-state index is -0.550. The summed E-state index contributed by atoms with van der Waals surface area (Å²) in [6, 6.07) is 17.6. The number of primary amides is 1. The topological polar surface area (TPSA) is 98.5 Å². The fourth-order valence-corrected chi connectivity index (χ4v) is 5.04. The van der Waals surface area contributed by atoms with E-state index in [4.69, 9.17) is 10.5 Å². The van der Waals surface area contributed by atoms with E-state index in [-0.39, 0.29) is 6.42 Å². The van der Waals surface area contributed by atoms with Crippen LogP contribution in [0, 0.1) is 0 Å². The molecule has 0 aliphatic heterocycles. The number of nitrogens with two attached hydrogens (primary N) is 1. The molecule has 0 atom stereocenters. The number of anilines is 1. The van der Waals surface area contributed by atoms with Crippen molar-refractivity contribution in [2.45, 2.75) is 25.7 Å². The molecular formula is C24H22N2O4S. The van der Waals surface area contributed by atoms with Gasteiger partial charge in [-0.3, -0.25) is 14.4 Å². The molecule has 1 aliphatic carbocycles. The number of hydrogen-bond acceptors (Lipinski definition) is 5.